The Kier molecular flexibility index (Phi) is 5.18. The Morgan fingerprint density at radius 3 is 2.42 bits per heavy atom. The molecule has 1 aliphatic rings. The molecule has 1 aliphatic heterocycles. The molecule has 1 heterocycles. The van der Waals surface area contributed by atoms with Gasteiger partial charge in [0.2, 0.25) is 10.0 Å². The third-order valence-electron chi connectivity index (χ3n) is 3.95. The quantitative estimate of drug-likeness (QED) is 0.810. The number of sulfonamides is 1. The minimum atomic E-state index is -3.52. The predicted molar refractivity (Wildman–Crippen MR) is 97.9 cm³/mol. The van der Waals surface area contributed by atoms with Crippen LogP contribution in [-0.2, 0) is 10.0 Å². The third kappa shape index (κ3) is 3.45. The molecular formula is C18H21NO3S2. The van der Waals surface area contributed by atoms with Gasteiger partial charge in [-0.25, -0.2) is 8.42 Å². The first-order valence-corrected chi connectivity index (χ1v) is 10.4. The van der Waals surface area contributed by atoms with Crippen molar-refractivity contribution in [1.29, 1.82) is 0 Å². The van der Waals surface area contributed by atoms with Crippen molar-refractivity contribution in [2.24, 2.45) is 0 Å². The minimum absolute atomic E-state index is 0.165. The first-order valence-electron chi connectivity index (χ1n) is 7.95. The fourth-order valence-electron chi connectivity index (χ4n) is 2.70. The van der Waals surface area contributed by atoms with Crippen LogP contribution in [0, 0.1) is 6.92 Å². The molecule has 0 unspecified atom stereocenters. The lowest BCUT2D eigenvalue weighted by molar-refractivity contribution is 0.340. The number of aryl methyl sites for hydroxylation is 1. The maximum Gasteiger partial charge on any atom is 0.244 e. The summed E-state index contributed by atoms with van der Waals surface area (Å²) >= 11 is 1.66. The molecule has 0 spiro atoms. The summed E-state index contributed by atoms with van der Waals surface area (Å²) in [6.45, 7) is 5.02. The predicted octanol–water partition coefficient (Wildman–Crippen LogP) is 3.83. The van der Waals surface area contributed by atoms with E-state index in [9.17, 15) is 8.42 Å². The lowest BCUT2D eigenvalue weighted by Crippen LogP contribution is -2.30. The molecule has 4 nitrogen and oxygen atoms in total. The average molecular weight is 364 g/mol. The van der Waals surface area contributed by atoms with E-state index in [1.165, 1.54) is 5.56 Å². The second-order valence-corrected chi connectivity index (χ2v) is 8.73. The molecule has 0 aliphatic carbocycles. The lowest BCUT2D eigenvalue weighted by atomic mass is 10.1. The van der Waals surface area contributed by atoms with Crippen LogP contribution in [0.1, 0.15) is 23.4 Å². The zero-order chi connectivity index (χ0) is 17.2. The van der Waals surface area contributed by atoms with Crippen molar-refractivity contribution in [2.45, 2.75) is 24.1 Å². The van der Waals surface area contributed by atoms with E-state index < -0.39 is 10.0 Å². The van der Waals surface area contributed by atoms with Gasteiger partial charge in [0.1, 0.15) is 5.75 Å². The van der Waals surface area contributed by atoms with Gasteiger partial charge in [-0.15, -0.1) is 11.8 Å². The van der Waals surface area contributed by atoms with E-state index in [0.717, 1.165) is 11.3 Å². The fourth-order valence-corrected chi connectivity index (χ4v) is 5.95. The third-order valence-corrected chi connectivity index (χ3v) is 7.23. The van der Waals surface area contributed by atoms with Crippen molar-refractivity contribution in [2.75, 3.05) is 18.9 Å². The molecule has 0 amide bonds. The van der Waals surface area contributed by atoms with E-state index in [1.807, 2.05) is 38.1 Å². The molecule has 2 aromatic carbocycles. The highest BCUT2D eigenvalue weighted by atomic mass is 32.2. The Balaban J connectivity index is 1.88. The van der Waals surface area contributed by atoms with E-state index >= 15 is 0 Å². The summed E-state index contributed by atoms with van der Waals surface area (Å²) in [4.78, 5) is 0.311. The van der Waals surface area contributed by atoms with Crippen molar-refractivity contribution >= 4 is 21.8 Å². The zero-order valence-electron chi connectivity index (χ0n) is 13.8. The molecule has 0 aromatic heterocycles. The lowest BCUT2D eigenvalue weighted by Gasteiger charge is -2.23. The highest BCUT2D eigenvalue weighted by molar-refractivity contribution is 8.01. The Morgan fingerprint density at radius 2 is 1.79 bits per heavy atom. The molecule has 6 heteroatoms. The monoisotopic (exact) mass is 363 g/mol. The van der Waals surface area contributed by atoms with E-state index in [-0.39, 0.29) is 5.37 Å². The number of hydrogen-bond donors (Lipinski definition) is 0. The Bertz CT molecular complexity index is 786. The molecular weight excluding hydrogens is 342 g/mol. The second kappa shape index (κ2) is 7.17. The van der Waals surface area contributed by atoms with E-state index in [1.54, 1.807) is 40.3 Å². The normalized spacial score (nSPS) is 18.7. The highest BCUT2D eigenvalue weighted by Gasteiger charge is 2.36. The molecule has 3 rings (SSSR count). The van der Waals surface area contributed by atoms with Crippen LogP contribution in [0.25, 0.3) is 0 Å². The maximum absolute atomic E-state index is 13.0. The highest BCUT2D eigenvalue weighted by Crippen LogP contribution is 2.41. The van der Waals surface area contributed by atoms with Gasteiger partial charge in [0.15, 0.2) is 0 Å². The molecule has 1 fully saturated rings. The van der Waals surface area contributed by atoms with Gasteiger partial charge in [0, 0.05) is 12.3 Å². The van der Waals surface area contributed by atoms with Gasteiger partial charge in [-0.1, -0.05) is 29.8 Å². The van der Waals surface area contributed by atoms with Crippen molar-refractivity contribution < 1.29 is 13.2 Å². The molecule has 2 aromatic rings. The summed E-state index contributed by atoms with van der Waals surface area (Å²) in [6.07, 6.45) is 0. The largest absolute Gasteiger partial charge is 0.494 e. The van der Waals surface area contributed by atoms with Crippen LogP contribution in [0.4, 0.5) is 0 Å². The van der Waals surface area contributed by atoms with Crippen molar-refractivity contribution in [3.05, 3.63) is 59.7 Å². The second-order valence-electron chi connectivity index (χ2n) is 5.65. The van der Waals surface area contributed by atoms with Gasteiger partial charge in [-0.2, -0.15) is 4.31 Å². The summed E-state index contributed by atoms with van der Waals surface area (Å²) in [7, 11) is -3.52. The SMILES string of the molecule is CCOc1ccc(S(=O)(=O)N2CCS[C@H]2c2ccc(C)cc2)cc1. The standard InChI is InChI=1S/C18H21NO3S2/c1-3-22-16-8-10-17(11-9-16)24(20,21)19-12-13-23-18(19)15-6-4-14(2)5-7-15/h4-11,18H,3,12-13H2,1-2H3/t18-/m0/s1. The van der Waals surface area contributed by atoms with E-state index in [4.69, 9.17) is 4.74 Å². The van der Waals surface area contributed by atoms with Crippen molar-refractivity contribution in [3.8, 4) is 5.75 Å². The number of nitrogens with zero attached hydrogens (tertiary/aromatic N) is 1. The molecule has 0 bridgehead atoms. The molecule has 1 saturated heterocycles. The molecule has 0 saturated carbocycles. The Morgan fingerprint density at radius 1 is 1.12 bits per heavy atom. The summed E-state index contributed by atoms with van der Waals surface area (Å²) in [5.41, 5.74) is 2.19. The van der Waals surface area contributed by atoms with Gasteiger partial charge in [-0.3, -0.25) is 0 Å². The van der Waals surface area contributed by atoms with Crippen LogP contribution in [-0.4, -0.2) is 31.6 Å². The molecule has 128 valence electrons. The number of rotatable bonds is 5. The minimum Gasteiger partial charge on any atom is -0.494 e. The van der Waals surface area contributed by atoms with Gasteiger partial charge in [0.25, 0.3) is 0 Å². The van der Waals surface area contributed by atoms with Crippen LogP contribution >= 0.6 is 11.8 Å². The summed E-state index contributed by atoms with van der Waals surface area (Å²) in [6, 6.07) is 14.7. The average Bonchev–Trinajstić information content (AvgIpc) is 3.07. The van der Waals surface area contributed by atoms with Crippen LogP contribution in [0.15, 0.2) is 53.4 Å². The van der Waals surface area contributed by atoms with Crippen molar-refractivity contribution in [1.82, 2.24) is 4.31 Å². The zero-order valence-corrected chi connectivity index (χ0v) is 15.4. The number of thioether (sulfide) groups is 1. The van der Waals surface area contributed by atoms with Gasteiger partial charge in [-0.05, 0) is 43.7 Å². The van der Waals surface area contributed by atoms with Crippen LogP contribution in [0.5, 0.6) is 5.75 Å². The van der Waals surface area contributed by atoms with Crippen LogP contribution in [0.3, 0.4) is 0 Å². The number of ether oxygens (including phenoxy) is 1. The topological polar surface area (TPSA) is 46.6 Å². The number of benzene rings is 2. The van der Waals surface area contributed by atoms with Crippen molar-refractivity contribution in [3.63, 3.8) is 0 Å². The summed E-state index contributed by atoms with van der Waals surface area (Å²) in [5, 5.41) is -0.165. The number of hydrogen-bond acceptors (Lipinski definition) is 4. The molecule has 24 heavy (non-hydrogen) atoms. The molecule has 0 radical (unpaired) electrons. The first kappa shape index (κ1) is 17.3. The first-order chi connectivity index (χ1) is 11.5. The van der Waals surface area contributed by atoms with Gasteiger partial charge >= 0.3 is 0 Å². The van der Waals surface area contributed by atoms with E-state index in [0.29, 0.717) is 23.8 Å². The summed E-state index contributed by atoms with van der Waals surface area (Å²) < 4.78 is 33.0. The van der Waals surface area contributed by atoms with Gasteiger partial charge in [0.05, 0.1) is 16.9 Å². The summed E-state index contributed by atoms with van der Waals surface area (Å²) in [5.74, 6) is 1.48. The smallest absolute Gasteiger partial charge is 0.244 e. The van der Waals surface area contributed by atoms with E-state index in [2.05, 4.69) is 0 Å². The van der Waals surface area contributed by atoms with Gasteiger partial charge < -0.3 is 4.74 Å². The molecule has 1 atom stereocenters. The maximum atomic E-state index is 13.0. The fraction of sp³-hybridized carbons (Fsp3) is 0.333. The molecule has 0 N–H and O–H groups in total. The Hall–Kier alpha value is -1.50. The Labute approximate surface area is 147 Å². The van der Waals surface area contributed by atoms with Crippen LogP contribution < -0.4 is 4.74 Å². The van der Waals surface area contributed by atoms with Crippen LogP contribution in [0.2, 0.25) is 0 Å².